The third kappa shape index (κ3) is 3.20. The van der Waals surface area contributed by atoms with Crippen LogP contribution in [0.3, 0.4) is 0 Å². The molecule has 1 saturated carbocycles. The second kappa shape index (κ2) is 6.87. The van der Waals surface area contributed by atoms with Crippen molar-refractivity contribution in [1.82, 2.24) is 10.2 Å². The lowest BCUT2D eigenvalue weighted by Gasteiger charge is -2.09. The van der Waals surface area contributed by atoms with Crippen LogP contribution < -0.4 is 10.1 Å². The number of fused-ring (bicyclic) bond motifs is 3. The molecule has 0 saturated heterocycles. The van der Waals surface area contributed by atoms with Gasteiger partial charge in [-0.15, -0.1) is 10.2 Å². The Balaban J connectivity index is 1.34. The van der Waals surface area contributed by atoms with E-state index in [-0.39, 0.29) is 11.7 Å². The number of carbonyl (C=O) groups is 1. The zero-order valence-corrected chi connectivity index (χ0v) is 15.9. The first-order chi connectivity index (χ1) is 13.7. The fourth-order valence-electron chi connectivity index (χ4n) is 3.11. The number of aromatic nitrogens is 2. The molecule has 5 rings (SSSR count). The molecule has 4 aromatic rings. The number of furan rings is 1. The van der Waals surface area contributed by atoms with Crippen molar-refractivity contribution in [2.45, 2.75) is 24.0 Å². The second-order valence-corrected chi connectivity index (χ2v) is 7.59. The molecule has 0 spiro atoms. The Morgan fingerprint density at radius 1 is 1.18 bits per heavy atom. The number of benzene rings is 2. The zero-order chi connectivity index (χ0) is 19.1. The van der Waals surface area contributed by atoms with Gasteiger partial charge in [0.2, 0.25) is 11.8 Å². The van der Waals surface area contributed by atoms with Crippen LogP contribution in [0.25, 0.3) is 21.9 Å². The molecule has 2 aromatic carbocycles. The summed E-state index contributed by atoms with van der Waals surface area (Å²) in [5, 5.41) is 13.2. The number of nitrogens with one attached hydrogen (secondary N) is 1. The van der Waals surface area contributed by atoms with Crippen LogP contribution in [0.4, 0.5) is 5.69 Å². The van der Waals surface area contributed by atoms with E-state index in [9.17, 15) is 4.79 Å². The minimum atomic E-state index is -0.190. The second-order valence-electron chi connectivity index (χ2n) is 6.66. The monoisotopic (exact) mass is 395 g/mol. The van der Waals surface area contributed by atoms with E-state index in [0.717, 1.165) is 29.2 Å². The predicted octanol–water partition coefficient (Wildman–Crippen LogP) is 4.59. The highest BCUT2D eigenvalue weighted by Gasteiger charge is 2.29. The van der Waals surface area contributed by atoms with Crippen LogP contribution in [0.5, 0.6) is 5.75 Å². The molecule has 1 N–H and O–H groups in total. The highest BCUT2D eigenvalue weighted by atomic mass is 32.2. The number of thioether (sulfide) groups is 1. The summed E-state index contributed by atoms with van der Waals surface area (Å²) in [7, 11) is 1.58. The molecule has 0 atom stereocenters. The van der Waals surface area contributed by atoms with Crippen LogP contribution in [-0.4, -0.2) is 29.0 Å². The number of hydrogen-bond donors (Lipinski definition) is 1. The summed E-state index contributed by atoms with van der Waals surface area (Å²) in [4.78, 5) is 12.4. The maximum atomic E-state index is 12.4. The number of hydrogen-bond acceptors (Lipinski definition) is 7. The van der Waals surface area contributed by atoms with Gasteiger partial charge in [0.25, 0.3) is 5.22 Å². The van der Waals surface area contributed by atoms with Crippen LogP contribution in [0.1, 0.15) is 24.7 Å². The van der Waals surface area contributed by atoms with Crippen molar-refractivity contribution in [3.05, 3.63) is 42.3 Å². The molecule has 1 aliphatic carbocycles. The Bertz CT molecular complexity index is 1180. The summed E-state index contributed by atoms with van der Waals surface area (Å²) in [5.74, 6) is 1.61. The Morgan fingerprint density at radius 3 is 2.86 bits per heavy atom. The summed E-state index contributed by atoms with van der Waals surface area (Å²) in [6.07, 6.45) is 2.19. The van der Waals surface area contributed by atoms with Crippen molar-refractivity contribution in [2.75, 3.05) is 18.2 Å². The summed E-state index contributed by atoms with van der Waals surface area (Å²) in [5.41, 5.74) is 2.04. The smallest absolute Gasteiger partial charge is 0.277 e. The molecule has 1 aliphatic rings. The van der Waals surface area contributed by atoms with Gasteiger partial charge in [0.15, 0.2) is 0 Å². The van der Waals surface area contributed by atoms with Crippen LogP contribution in [-0.2, 0) is 4.79 Å². The van der Waals surface area contributed by atoms with E-state index < -0.39 is 0 Å². The van der Waals surface area contributed by atoms with E-state index in [1.165, 1.54) is 11.8 Å². The molecule has 1 fully saturated rings. The molecule has 142 valence electrons. The van der Waals surface area contributed by atoms with E-state index in [0.29, 0.717) is 34.1 Å². The average Bonchev–Trinajstić information content (AvgIpc) is 3.34. The zero-order valence-electron chi connectivity index (χ0n) is 15.1. The lowest BCUT2D eigenvalue weighted by molar-refractivity contribution is -0.113. The van der Waals surface area contributed by atoms with Crippen LogP contribution in [0, 0.1) is 0 Å². The lowest BCUT2D eigenvalue weighted by Crippen LogP contribution is -2.14. The number of para-hydroxylation sites is 1. The number of amides is 1. The largest absolute Gasteiger partial charge is 0.495 e. The Labute approximate surface area is 164 Å². The maximum absolute atomic E-state index is 12.4. The Morgan fingerprint density at radius 2 is 2.04 bits per heavy atom. The molecule has 0 radical (unpaired) electrons. The number of carbonyl (C=O) groups excluding carboxylic acids is 1. The first-order valence-corrected chi connectivity index (χ1v) is 9.95. The molecule has 2 heterocycles. The minimum Gasteiger partial charge on any atom is -0.495 e. The third-order valence-electron chi connectivity index (χ3n) is 4.65. The van der Waals surface area contributed by atoms with E-state index >= 15 is 0 Å². The normalized spacial score (nSPS) is 13.9. The standard InChI is InChI=1S/C20H17N3O4S/c1-25-17-8-13-12-4-2-3-5-15(12)26-16(13)9-14(17)21-18(24)10-28-20-23-22-19(27-20)11-6-7-11/h2-5,8-9,11H,6-7,10H2,1H3,(H,21,24). The van der Waals surface area contributed by atoms with E-state index in [2.05, 4.69) is 15.5 Å². The fraction of sp³-hybridized carbons (Fsp3) is 0.250. The average molecular weight is 395 g/mol. The number of nitrogens with zero attached hydrogens (tertiary/aromatic N) is 2. The van der Waals surface area contributed by atoms with Crippen molar-refractivity contribution in [1.29, 1.82) is 0 Å². The molecule has 0 bridgehead atoms. The first-order valence-electron chi connectivity index (χ1n) is 8.96. The molecule has 28 heavy (non-hydrogen) atoms. The van der Waals surface area contributed by atoms with Crippen LogP contribution >= 0.6 is 11.8 Å². The van der Waals surface area contributed by atoms with Gasteiger partial charge < -0.3 is 18.9 Å². The fourth-order valence-corrected chi connectivity index (χ4v) is 3.68. The van der Waals surface area contributed by atoms with Gasteiger partial charge in [0, 0.05) is 22.8 Å². The Hall–Kier alpha value is -3.00. The van der Waals surface area contributed by atoms with E-state index in [1.807, 2.05) is 30.3 Å². The van der Waals surface area contributed by atoms with Gasteiger partial charge >= 0.3 is 0 Å². The summed E-state index contributed by atoms with van der Waals surface area (Å²) in [6, 6.07) is 11.5. The number of ether oxygens (including phenoxy) is 1. The lowest BCUT2D eigenvalue weighted by atomic mass is 10.1. The molecule has 2 aromatic heterocycles. The van der Waals surface area contributed by atoms with Crippen molar-refractivity contribution >= 4 is 45.3 Å². The quantitative estimate of drug-likeness (QED) is 0.478. The maximum Gasteiger partial charge on any atom is 0.277 e. The van der Waals surface area contributed by atoms with Crippen molar-refractivity contribution < 1.29 is 18.4 Å². The van der Waals surface area contributed by atoms with Gasteiger partial charge in [-0.3, -0.25) is 4.79 Å². The van der Waals surface area contributed by atoms with Gasteiger partial charge in [0.1, 0.15) is 16.9 Å². The SMILES string of the molecule is COc1cc2c(cc1NC(=O)CSc1nnc(C3CC3)o1)oc1ccccc12. The van der Waals surface area contributed by atoms with Crippen LogP contribution in [0.15, 0.2) is 50.5 Å². The molecule has 8 heteroatoms. The van der Waals surface area contributed by atoms with E-state index in [1.54, 1.807) is 13.2 Å². The molecular formula is C20H17N3O4S. The van der Waals surface area contributed by atoms with Crippen molar-refractivity contribution in [2.24, 2.45) is 0 Å². The first kappa shape index (κ1) is 17.1. The van der Waals surface area contributed by atoms with Gasteiger partial charge in [-0.1, -0.05) is 30.0 Å². The molecule has 0 unspecified atom stereocenters. The molecular weight excluding hydrogens is 378 g/mol. The molecule has 0 aliphatic heterocycles. The van der Waals surface area contributed by atoms with Crippen molar-refractivity contribution in [3.63, 3.8) is 0 Å². The highest BCUT2D eigenvalue weighted by molar-refractivity contribution is 7.99. The minimum absolute atomic E-state index is 0.160. The number of anilines is 1. The topological polar surface area (TPSA) is 90.4 Å². The molecule has 7 nitrogen and oxygen atoms in total. The summed E-state index contributed by atoms with van der Waals surface area (Å²) in [6.45, 7) is 0. The van der Waals surface area contributed by atoms with Gasteiger partial charge in [0.05, 0.1) is 18.6 Å². The Kier molecular flexibility index (Phi) is 4.20. The van der Waals surface area contributed by atoms with E-state index in [4.69, 9.17) is 13.6 Å². The molecule has 1 amide bonds. The van der Waals surface area contributed by atoms with Gasteiger partial charge in [-0.05, 0) is 25.0 Å². The summed E-state index contributed by atoms with van der Waals surface area (Å²) >= 11 is 1.22. The van der Waals surface area contributed by atoms with Gasteiger partial charge in [-0.25, -0.2) is 0 Å². The van der Waals surface area contributed by atoms with Gasteiger partial charge in [-0.2, -0.15) is 0 Å². The highest BCUT2D eigenvalue weighted by Crippen LogP contribution is 2.40. The predicted molar refractivity (Wildman–Crippen MR) is 106 cm³/mol. The summed E-state index contributed by atoms with van der Waals surface area (Å²) < 4.78 is 16.9. The third-order valence-corrected chi connectivity index (χ3v) is 5.47. The number of rotatable bonds is 6. The van der Waals surface area contributed by atoms with Crippen LogP contribution in [0.2, 0.25) is 0 Å². The van der Waals surface area contributed by atoms with Crippen molar-refractivity contribution in [3.8, 4) is 5.75 Å². The number of methoxy groups -OCH3 is 1.